The fourth-order valence-electron chi connectivity index (χ4n) is 0. The Kier molecular flexibility index (Phi) is 22.9. The van der Waals surface area contributed by atoms with Crippen LogP contribution in [0.15, 0.2) is 0 Å². The van der Waals surface area contributed by atoms with Crippen LogP contribution in [0, 0.1) is 0 Å². The lowest BCUT2D eigenvalue weighted by Crippen LogP contribution is -1.75. The molecule has 0 aliphatic rings. The molecular weight excluding hydrogens is 236 g/mol. The van der Waals surface area contributed by atoms with Crippen molar-refractivity contribution in [3.8, 4) is 0 Å². The van der Waals surface area contributed by atoms with E-state index in [2.05, 4.69) is 38.8 Å². The Hall–Kier alpha value is 0.920. The van der Waals surface area contributed by atoms with E-state index in [1.54, 1.807) is 0 Å². The van der Waals surface area contributed by atoms with Crippen molar-refractivity contribution in [3.05, 3.63) is 0 Å². The zero-order valence-corrected chi connectivity index (χ0v) is 8.20. The third kappa shape index (κ3) is 28.4. The quantitative estimate of drug-likeness (QED) is 0.742. The van der Waals surface area contributed by atoms with Crippen LogP contribution >= 0.6 is 31.9 Å². The first kappa shape index (κ1) is 11.7. The van der Waals surface area contributed by atoms with Crippen LogP contribution in [0.1, 0.15) is 13.3 Å². The fraction of sp³-hybridized carbons (Fsp3) is 1.00. The van der Waals surface area contributed by atoms with Gasteiger partial charge in [0, 0.05) is 10.7 Å². The average molecular weight is 248 g/mol. The van der Waals surface area contributed by atoms with Crippen LogP contribution in [-0.2, 0) is 0 Å². The second kappa shape index (κ2) is 15.7. The standard InChI is InChI=1S/C3H7Br.C2H5BrO/c1-2-3-4;3-1-2-4/h2-3H2,1H3;4H,1-2H2. The van der Waals surface area contributed by atoms with E-state index in [9.17, 15) is 0 Å². The largest absolute Gasteiger partial charge is 0.396 e. The van der Waals surface area contributed by atoms with Crippen molar-refractivity contribution in [2.24, 2.45) is 0 Å². The number of aliphatic hydroxyl groups is 1. The summed E-state index contributed by atoms with van der Waals surface area (Å²) in [5.74, 6) is 0. The molecule has 0 spiro atoms. The third-order valence-electron chi connectivity index (χ3n) is 0.273. The van der Waals surface area contributed by atoms with Crippen molar-refractivity contribution >= 4 is 31.9 Å². The molecule has 0 saturated carbocycles. The Labute approximate surface area is 67.7 Å². The molecule has 0 heterocycles. The van der Waals surface area contributed by atoms with Crippen molar-refractivity contribution in [1.82, 2.24) is 0 Å². The normalized spacial score (nSPS) is 7.50. The molecule has 0 aliphatic carbocycles. The van der Waals surface area contributed by atoms with Gasteiger partial charge in [-0.25, -0.2) is 0 Å². The molecule has 52 valence electrons. The molecule has 0 atom stereocenters. The summed E-state index contributed by atoms with van der Waals surface area (Å²) in [7, 11) is 0. The van der Waals surface area contributed by atoms with Gasteiger partial charge in [0.1, 0.15) is 0 Å². The highest BCUT2D eigenvalue weighted by Gasteiger charge is 1.59. The van der Waals surface area contributed by atoms with Crippen LogP contribution in [0.25, 0.3) is 0 Å². The average Bonchev–Trinajstić information content (AvgIpc) is 1.88. The van der Waals surface area contributed by atoms with Crippen molar-refractivity contribution in [1.29, 1.82) is 0 Å². The molecule has 0 aromatic rings. The molecule has 0 unspecified atom stereocenters. The van der Waals surface area contributed by atoms with E-state index in [1.807, 2.05) is 0 Å². The van der Waals surface area contributed by atoms with Gasteiger partial charge >= 0.3 is 0 Å². The minimum absolute atomic E-state index is 0.236. The summed E-state index contributed by atoms with van der Waals surface area (Å²) < 4.78 is 0. The number of rotatable bonds is 2. The molecular formula is C5H12Br2O. The number of alkyl halides is 2. The Balaban J connectivity index is 0. The molecule has 0 aromatic carbocycles. The molecule has 0 aliphatic heterocycles. The topological polar surface area (TPSA) is 20.2 Å². The third-order valence-corrected chi connectivity index (χ3v) is 1.42. The maximum atomic E-state index is 7.83. The van der Waals surface area contributed by atoms with Gasteiger partial charge in [-0.1, -0.05) is 38.8 Å². The zero-order chi connectivity index (χ0) is 6.83. The first-order chi connectivity index (χ1) is 3.83. The summed E-state index contributed by atoms with van der Waals surface area (Å²) in [5.41, 5.74) is 0. The van der Waals surface area contributed by atoms with Gasteiger partial charge in [0.05, 0.1) is 6.61 Å². The minimum Gasteiger partial charge on any atom is -0.396 e. The van der Waals surface area contributed by atoms with Gasteiger partial charge in [-0.05, 0) is 6.42 Å². The smallest absolute Gasteiger partial charge is 0.0528 e. The summed E-state index contributed by atoms with van der Waals surface area (Å²) in [4.78, 5) is 0. The van der Waals surface area contributed by atoms with Gasteiger partial charge in [0.15, 0.2) is 0 Å². The molecule has 0 fully saturated rings. The monoisotopic (exact) mass is 246 g/mol. The van der Waals surface area contributed by atoms with Gasteiger partial charge in [0.2, 0.25) is 0 Å². The second-order valence-corrected chi connectivity index (χ2v) is 2.69. The van der Waals surface area contributed by atoms with E-state index >= 15 is 0 Å². The molecule has 0 saturated heterocycles. The van der Waals surface area contributed by atoms with E-state index in [4.69, 9.17) is 5.11 Å². The van der Waals surface area contributed by atoms with E-state index in [1.165, 1.54) is 6.42 Å². The van der Waals surface area contributed by atoms with Crippen molar-refractivity contribution in [3.63, 3.8) is 0 Å². The maximum Gasteiger partial charge on any atom is 0.0528 e. The van der Waals surface area contributed by atoms with Crippen molar-refractivity contribution in [2.75, 3.05) is 17.3 Å². The minimum atomic E-state index is 0.236. The molecule has 0 rings (SSSR count). The molecule has 0 aromatic heterocycles. The molecule has 8 heavy (non-hydrogen) atoms. The molecule has 3 heteroatoms. The van der Waals surface area contributed by atoms with Gasteiger partial charge in [0.25, 0.3) is 0 Å². The van der Waals surface area contributed by atoms with Gasteiger partial charge in [-0.3, -0.25) is 0 Å². The van der Waals surface area contributed by atoms with Gasteiger partial charge in [-0.15, -0.1) is 0 Å². The second-order valence-electron chi connectivity index (χ2n) is 1.10. The summed E-state index contributed by atoms with van der Waals surface area (Å²) >= 11 is 6.25. The van der Waals surface area contributed by atoms with Crippen molar-refractivity contribution in [2.45, 2.75) is 13.3 Å². The summed E-state index contributed by atoms with van der Waals surface area (Å²) in [6, 6.07) is 0. The lowest BCUT2D eigenvalue weighted by atomic mass is 10.6. The van der Waals surface area contributed by atoms with Gasteiger partial charge in [-0.2, -0.15) is 0 Å². The van der Waals surface area contributed by atoms with E-state index in [0.717, 1.165) is 5.33 Å². The maximum absolute atomic E-state index is 7.83. The molecule has 0 bridgehead atoms. The number of aliphatic hydroxyl groups excluding tert-OH is 1. The first-order valence-corrected chi connectivity index (χ1v) is 4.80. The number of hydrogen-bond acceptors (Lipinski definition) is 1. The predicted molar refractivity (Wildman–Crippen MR) is 45.0 cm³/mol. The Bertz CT molecular complexity index is 18.4. The highest BCUT2D eigenvalue weighted by atomic mass is 79.9. The van der Waals surface area contributed by atoms with Crippen molar-refractivity contribution < 1.29 is 5.11 Å². The molecule has 0 amide bonds. The van der Waals surface area contributed by atoms with Crippen LogP contribution in [0.2, 0.25) is 0 Å². The lowest BCUT2D eigenvalue weighted by molar-refractivity contribution is 0.324. The van der Waals surface area contributed by atoms with E-state index in [-0.39, 0.29) is 6.61 Å². The highest BCUT2D eigenvalue weighted by Crippen LogP contribution is 1.80. The van der Waals surface area contributed by atoms with Crippen LogP contribution in [0.3, 0.4) is 0 Å². The van der Waals surface area contributed by atoms with E-state index < -0.39 is 0 Å². The van der Waals surface area contributed by atoms with Gasteiger partial charge < -0.3 is 5.11 Å². The molecule has 1 nitrogen and oxygen atoms in total. The fourth-order valence-corrected chi connectivity index (χ4v) is 0. The summed E-state index contributed by atoms with van der Waals surface area (Å²) in [5, 5.41) is 9.65. The SMILES string of the molecule is CCCBr.OCCBr. The van der Waals surface area contributed by atoms with Crippen LogP contribution in [0.5, 0.6) is 0 Å². The molecule has 0 radical (unpaired) electrons. The van der Waals surface area contributed by atoms with E-state index in [0.29, 0.717) is 5.33 Å². The Morgan fingerprint density at radius 1 is 1.25 bits per heavy atom. The first-order valence-electron chi connectivity index (χ1n) is 2.56. The summed E-state index contributed by atoms with van der Waals surface area (Å²) in [6.07, 6.45) is 1.24. The molecule has 1 N–H and O–H groups in total. The lowest BCUT2D eigenvalue weighted by Gasteiger charge is -1.67. The van der Waals surface area contributed by atoms with Crippen LogP contribution in [0.4, 0.5) is 0 Å². The number of hydrogen-bond donors (Lipinski definition) is 1. The zero-order valence-electron chi connectivity index (χ0n) is 5.03. The predicted octanol–water partition coefficient (Wildman–Crippen LogP) is 2.16. The van der Waals surface area contributed by atoms with Crippen LogP contribution in [-0.4, -0.2) is 22.4 Å². The highest BCUT2D eigenvalue weighted by molar-refractivity contribution is 9.09. The Morgan fingerprint density at radius 3 is 1.50 bits per heavy atom. The van der Waals surface area contributed by atoms with Crippen LogP contribution < -0.4 is 0 Å². The summed E-state index contributed by atoms with van der Waals surface area (Å²) in [6.45, 7) is 2.37. The Morgan fingerprint density at radius 2 is 1.50 bits per heavy atom. The number of halogens is 2.